The minimum atomic E-state index is -2.34. The van der Waals surface area contributed by atoms with Gasteiger partial charge in [0.25, 0.3) is 0 Å². The lowest BCUT2D eigenvalue weighted by molar-refractivity contribution is -0.314. The van der Waals surface area contributed by atoms with Crippen LogP contribution in [0.5, 0.6) is 0 Å². The van der Waals surface area contributed by atoms with Gasteiger partial charge in [0.2, 0.25) is 0 Å². The van der Waals surface area contributed by atoms with Gasteiger partial charge in [-0.15, -0.1) is 0 Å². The highest BCUT2D eigenvalue weighted by molar-refractivity contribution is 5.97. The quantitative estimate of drug-likeness (QED) is 0.230. The van der Waals surface area contributed by atoms with Crippen LogP contribution < -0.4 is 0 Å². The van der Waals surface area contributed by atoms with Crippen molar-refractivity contribution in [2.45, 2.75) is 114 Å². The van der Waals surface area contributed by atoms with Crippen LogP contribution in [0, 0.1) is 22.7 Å². The molecule has 0 radical (unpaired) electrons. The molecule has 5 aliphatic rings. The summed E-state index contributed by atoms with van der Waals surface area (Å²) in [6.45, 7) is 7.69. The molecule has 5 rings (SSSR count). The molecule has 7 N–H and O–H groups in total. The van der Waals surface area contributed by atoms with E-state index < -0.39 is 81.2 Å². The van der Waals surface area contributed by atoms with Crippen LogP contribution in [0.1, 0.15) is 66.7 Å². The number of allylic oxidation sites excluding steroid dienone is 1. The lowest BCUT2D eigenvalue weighted by atomic mass is 9.40. The van der Waals surface area contributed by atoms with E-state index in [0.29, 0.717) is 11.1 Å². The molecule has 1 heterocycles. The average molecular weight is 537 g/mol. The number of aliphatic hydroxyl groups excluding tert-OH is 3. The van der Waals surface area contributed by atoms with Gasteiger partial charge >= 0.3 is 5.97 Å². The van der Waals surface area contributed by atoms with Crippen molar-refractivity contribution < 1.29 is 50.1 Å². The molecule has 12 atom stereocenters. The fourth-order valence-electron chi connectivity index (χ4n) is 9.13. The third kappa shape index (κ3) is 2.82. The van der Waals surface area contributed by atoms with Crippen molar-refractivity contribution in [3.63, 3.8) is 0 Å². The molecule has 10 heteroatoms. The summed E-state index contributed by atoms with van der Waals surface area (Å²) in [6.07, 6.45) is -3.81. The van der Waals surface area contributed by atoms with Gasteiger partial charge in [-0.05, 0) is 70.9 Å². The van der Waals surface area contributed by atoms with Crippen molar-refractivity contribution in [3.05, 3.63) is 23.3 Å². The minimum absolute atomic E-state index is 0.0394. The molecule has 212 valence electrons. The van der Waals surface area contributed by atoms with E-state index in [9.17, 15) is 45.3 Å². The number of ketones is 1. The van der Waals surface area contributed by atoms with Crippen LogP contribution in [-0.2, 0) is 14.3 Å². The molecule has 3 fully saturated rings. The molecule has 1 aliphatic heterocycles. The summed E-state index contributed by atoms with van der Waals surface area (Å²) >= 11 is 0. The second-order valence-electron chi connectivity index (χ2n) is 13.1. The summed E-state index contributed by atoms with van der Waals surface area (Å²) in [6, 6.07) is 0. The van der Waals surface area contributed by atoms with E-state index in [2.05, 4.69) is 0 Å². The lowest BCUT2D eigenvalue weighted by Crippen LogP contribution is -2.78. The predicted molar refractivity (Wildman–Crippen MR) is 132 cm³/mol. The second-order valence-corrected chi connectivity index (χ2v) is 13.1. The van der Waals surface area contributed by atoms with Crippen LogP contribution in [0.25, 0.3) is 0 Å². The molecule has 10 nitrogen and oxygen atoms in total. The smallest absolute Gasteiger partial charge is 0.334 e. The summed E-state index contributed by atoms with van der Waals surface area (Å²) in [5, 5.41) is 81.4. The first-order valence-electron chi connectivity index (χ1n) is 13.4. The number of rotatable bonds is 2. The third-order valence-corrected chi connectivity index (χ3v) is 11.9. The Hall–Kier alpha value is -1.66. The summed E-state index contributed by atoms with van der Waals surface area (Å²) in [5.74, 6) is -2.70. The van der Waals surface area contributed by atoms with E-state index in [4.69, 9.17) is 4.74 Å². The highest BCUT2D eigenvalue weighted by Gasteiger charge is 2.82. The van der Waals surface area contributed by atoms with Gasteiger partial charge in [-0.3, -0.25) is 4.79 Å². The van der Waals surface area contributed by atoms with Crippen molar-refractivity contribution in [3.8, 4) is 0 Å². The van der Waals surface area contributed by atoms with E-state index in [1.54, 1.807) is 20.8 Å². The molecular formula is C28H40O10. The zero-order valence-corrected chi connectivity index (χ0v) is 22.5. The normalized spacial score (nSPS) is 54.1. The Bertz CT molecular complexity index is 1140. The van der Waals surface area contributed by atoms with Crippen LogP contribution >= 0.6 is 0 Å². The maximum atomic E-state index is 13.3. The topological polar surface area (TPSA) is 185 Å². The van der Waals surface area contributed by atoms with Crippen LogP contribution in [-0.4, -0.2) is 94.3 Å². The molecule has 0 bridgehead atoms. The van der Waals surface area contributed by atoms with Gasteiger partial charge in [0.1, 0.15) is 29.0 Å². The first-order chi connectivity index (χ1) is 17.4. The van der Waals surface area contributed by atoms with Gasteiger partial charge in [-0.25, -0.2) is 4.79 Å². The minimum Gasteiger partial charge on any atom is -0.455 e. The highest BCUT2D eigenvalue weighted by Crippen LogP contribution is 2.71. The Kier molecular flexibility index (Phi) is 5.84. The van der Waals surface area contributed by atoms with E-state index in [1.165, 1.54) is 19.9 Å². The Morgan fingerprint density at radius 3 is 2.26 bits per heavy atom. The molecule has 0 aromatic carbocycles. The van der Waals surface area contributed by atoms with Crippen LogP contribution in [0.4, 0.5) is 0 Å². The Balaban J connectivity index is 1.60. The van der Waals surface area contributed by atoms with Gasteiger partial charge in [0, 0.05) is 23.8 Å². The largest absolute Gasteiger partial charge is 0.455 e. The first kappa shape index (κ1) is 27.9. The molecule has 0 unspecified atom stereocenters. The lowest BCUT2D eigenvalue weighted by Gasteiger charge is -2.67. The standard InChI is InChI=1S/C28H40O10/c1-13-10-21(38-22(33)14(13)2)25(5,34)28(37)20(32)12-26(35)16-11-19(31)27(36)18(30)7-6-17(29)24(27,4)15(16)8-9-23(26,28)3/h6-7,15-16,18-21,30-32,34-37H,8-12H2,1-5H3/t15-,16+,18-,19+,20-,21+,23-,24-,25-,26+,27-,28-/m0/s1. The molecular weight excluding hydrogens is 496 g/mol. The number of aliphatic hydroxyl groups is 7. The van der Waals surface area contributed by atoms with Crippen molar-refractivity contribution in [2.24, 2.45) is 22.7 Å². The predicted octanol–water partition coefficient (Wildman–Crippen LogP) is -0.350. The monoisotopic (exact) mass is 536 g/mol. The molecule has 4 aliphatic carbocycles. The Labute approximate surface area is 221 Å². The van der Waals surface area contributed by atoms with Crippen molar-refractivity contribution in [1.29, 1.82) is 0 Å². The van der Waals surface area contributed by atoms with Crippen molar-refractivity contribution in [2.75, 3.05) is 0 Å². The summed E-state index contributed by atoms with van der Waals surface area (Å²) < 4.78 is 5.51. The number of cyclic esters (lactones) is 1. The fraction of sp³-hybridized carbons (Fsp3) is 0.786. The molecule has 0 aromatic heterocycles. The van der Waals surface area contributed by atoms with Crippen molar-refractivity contribution >= 4 is 11.8 Å². The number of esters is 1. The average Bonchev–Trinajstić information content (AvgIpc) is 3.01. The molecule has 0 saturated heterocycles. The first-order valence-corrected chi connectivity index (χ1v) is 13.4. The second kappa shape index (κ2) is 7.96. The van der Waals surface area contributed by atoms with E-state index in [1.807, 2.05) is 0 Å². The molecule has 0 aromatic rings. The number of hydrogen-bond donors (Lipinski definition) is 7. The molecule has 3 saturated carbocycles. The highest BCUT2D eigenvalue weighted by atomic mass is 16.6. The van der Waals surface area contributed by atoms with Gasteiger partial charge in [-0.2, -0.15) is 0 Å². The number of carbonyl (C=O) groups excluding carboxylic acids is 2. The van der Waals surface area contributed by atoms with Gasteiger partial charge < -0.3 is 40.5 Å². The summed E-state index contributed by atoms with van der Waals surface area (Å²) in [7, 11) is 0. The van der Waals surface area contributed by atoms with Gasteiger partial charge in [0.15, 0.2) is 5.78 Å². The summed E-state index contributed by atoms with van der Waals surface area (Å²) in [4.78, 5) is 25.8. The maximum Gasteiger partial charge on any atom is 0.334 e. The van der Waals surface area contributed by atoms with Crippen molar-refractivity contribution in [1.82, 2.24) is 0 Å². The van der Waals surface area contributed by atoms with E-state index >= 15 is 0 Å². The number of ether oxygens (including phenoxy) is 1. The Morgan fingerprint density at radius 2 is 1.66 bits per heavy atom. The third-order valence-electron chi connectivity index (χ3n) is 11.9. The molecule has 0 amide bonds. The van der Waals surface area contributed by atoms with E-state index in [-0.39, 0.29) is 32.1 Å². The number of fused-ring (bicyclic) bond motifs is 5. The number of hydrogen-bond acceptors (Lipinski definition) is 10. The van der Waals surface area contributed by atoms with Crippen LogP contribution in [0.2, 0.25) is 0 Å². The molecule has 0 spiro atoms. The van der Waals surface area contributed by atoms with E-state index in [0.717, 1.165) is 6.08 Å². The maximum absolute atomic E-state index is 13.3. The van der Waals surface area contributed by atoms with Gasteiger partial charge in [0.05, 0.1) is 23.2 Å². The van der Waals surface area contributed by atoms with Crippen LogP contribution in [0.3, 0.4) is 0 Å². The summed E-state index contributed by atoms with van der Waals surface area (Å²) in [5.41, 5.74) is -10.7. The Morgan fingerprint density at radius 1 is 1.03 bits per heavy atom. The SMILES string of the molecule is CC1=C(C)C(=O)O[C@@H]([C@](C)(O)[C@]2(O)[C@@H](O)C[C@@]3(O)[C@@H]4C[C@@H](O)[C@@]5(O)[C@@H](O)C=CC(=O)[C@]5(C)[C@H]4CC[C@]23C)C1. The zero-order valence-electron chi connectivity index (χ0n) is 22.5. The zero-order chi connectivity index (χ0) is 28.4. The number of carbonyl (C=O) groups is 2. The fourth-order valence-corrected chi connectivity index (χ4v) is 9.13. The van der Waals surface area contributed by atoms with Crippen LogP contribution in [0.15, 0.2) is 23.3 Å². The molecule has 38 heavy (non-hydrogen) atoms. The van der Waals surface area contributed by atoms with Gasteiger partial charge in [-0.1, -0.05) is 12.5 Å².